The minimum absolute atomic E-state index is 0.394. The smallest absolute Gasteiger partial charge is 0.0753 e. The van der Waals surface area contributed by atoms with E-state index < -0.39 is 0 Å². The first-order valence-electron chi connectivity index (χ1n) is 5.81. The molecule has 1 aromatic heterocycles. The largest absolute Gasteiger partial charge is 0.252 e. The predicted octanol–water partition coefficient (Wildman–Crippen LogP) is 5.34. The monoisotopic (exact) mass is 311 g/mol. The van der Waals surface area contributed by atoms with Gasteiger partial charge in [-0.3, -0.25) is 4.98 Å². The molecule has 0 saturated heterocycles. The minimum atomic E-state index is 0.394. The highest BCUT2D eigenvalue weighted by atomic mass is 79.9. The third-order valence-electron chi connectivity index (χ3n) is 2.90. The number of aryl methyl sites for hydroxylation is 1. The third-order valence-corrected chi connectivity index (χ3v) is 3.67. The van der Waals surface area contributed by atoms with Gasteiger partial charge in [-0.2, -0.15) is 0 Å². The van der Waals surface area contributed by atoms with Gasteiger partial charge in [-0.15, -0.1) is 0 Å². The van der Waals surface area contributed by atoms with Crippen molar-refractivity contribution in [2.45, 2.75) is 33.1 Å². The number of hydrogen-bond donors (Lipinski definition) is 0. The molecule has 17 heavy (non-hydrogen) atoms. The molecule has 0 spiro atoms. The van der Waals surface area contributed by atoms with Gasteiger partial charge in [-0.1, -0.05) is 48.3 Å². The molecule has 3 heteroatoms. The van der Waals surface area contributed by atoms with Crippen molar-refractivity contribution in [3.05, 3.63) is 39.0 Å². The van der Waals surface area contributed by atoms with Crippen molar-refractivity contribution in [1.82, 2.24) is 4.98 Å². The van der Waals surface area contributed by atoms with Crippen LogP contribution in [0, 0.1) is 0 Å². The fourth-order valence-electron chi connectivity index (χ4n) is 1.90. The zero-order chi connectivity index (χ0) is 12.6. The van der Waals surface area contributed by atoms with Crippen LogP contribution in [0.25, 0.3) is 10.9 Å². The number of benzene rings is 1. The van der Waals surface area contributed by atoms with Crippen LogP contribution in [0.15, 0.2) is 22.7 Å². The Morgan fingerprint density at radius 3 is 2.59 bits per heavy atom. The van der Waals surface area contributed by atoms with Crippen molar-refractivity contribution < 1.29 is 0 Å². The quantitative estimate of drug-likeness (QED) is 0.729. The fraction of sp³-hybridized carbons (Fsp3) is 0.357. The van der Waals surface area contributed by atoms with Crippen molar-refractivity contribution in [2.24, 2.45) is 0 Å². The van der Waals surface area contributed by atoms with Gasteiger partial charge in [0, 0.05) is 15.6 Å². The van der Waals surface area contributed by atoms with Gasteiger partial charge in [-0.05, 0) is 36.1 Å². The van der Waals surface area contributed by atoms with E-state index in [9.17, 15) is 0 Å². The lowest BCUT2D eigenvalue weighted by atomic mass is 10.0. The van der Waals surface area contributed by atoms with Gasteiger partial charge in [0.15, 0.2) is 0 Å². The SMILES string of the molecule is CCc1cc(Br)cc2c(Cl)cc(C(C)C)nc12. The van der Waals surface area contributed by atoms with Crippen LogP contribution in [0.4, 0.5) is 0 Å². The normalized spacial score (nSPS) is 11.4. The van der Waals surface area contributed by atoms with Crippen molar-refractivity contribution in [3.63, 3.8) is 0 Å². The molecule has 0 amide bonds. The summed E-state index contributed by atoms with van der Waals surface area (Å²) in [7, 11) is 0. The summed E-state index contributed by atoms with van der Waals surface area (Å²) < 4.78 is 1.06. The number of rotatable bonds is 2. The van der Waals surface area contributed by atoms with Crippen LogP contribution >= 0.6 is 27.5 Å². The van der Waals surface area contributed by atoms with Crippen LogP contribution in [0.3, 0.4) is 0 Å². The summed E-state index contributed by atoms with van der Waals surface area (Å²) >= 11 is 9.87. The first-order chi connectivity index (χ1) is 8.02. The maximum atomic E-state index is 6.35. The number of halogens is 2. The van der Waals surface area contributed by atoms with Crippen molar-refractivity contribution in [1.29, 1.82) is 0 Å². The Balaban J connectivity index is 2.81. The highest BCUT2D eigenvalue weighted by molar-refractivity contribution is 9.10. The molecule has 0 aliphatic rings. The summed E-state index contributed by atoms with van der Waals surface area (Å²) in [6, 6.07) is 6.13. The minimum Gasteiger partial charge on any atom is -0.252 e. The maximum absolute atomic E-state index is 6.35. The second kappa shape index (κ2) is 4.95. The molecular formula is C14H15BrClN. The summed E-state index contributed by atoms with van der Waals surface area (Å²) in [6.07, 6.45) is 0.959. The molecule has 0 atom stereocenters. The standard InChI is InChI=1S/C14H15BrClN/c1-4-9-5-10(15)6-11-12(16)7-13(8(2)3)17-14(9)11/h5-8H,4H2,1-3H3. The molecule has 0 radical (unpaired) electrons. The molecule has 0 N–H and O–H groups in total. The lowest BCUT2D eigenvalue weighted by Gasteiger charge is -2.11. The summed E-state index contributed by atoms with van der Waals surface area (Å²) in [5.74, 6) is 0.394. The first-order valence-corrected chi connectivity index (χ1v) is 6.98. The van der Waals surface area contributed by atoms with E-state index in [1.54, 1.807) is 0 Å². The van der Waals surface area contributed by atoms with Gasteiger partial charge in [0.2, 0.25) is 0 Å². The van der Waals surface area contributed by atoms with E-state index in [2.05, 4.69) is 42.8 Å². The van der Waals surface area contributed by atoms with Crippen molar-refractivity contribution in [3.8, 4) is 0 Å². The van der Waals surface area contributed by atoms with Crippen molar-refractivity contribution in [2.75, 3.05) is 0 Å². The number of aromatic nitrogens is 1. The molecule has 90 valence electrons. The van der Waals surface area contributed by atoms with Crippen molar-refractivity contribution >= 4 is 38.4 Å². The Hall–Kier alpha value is -0.600. The summed E-state index contributed by atoms with van der Waals surface area (Å²) in [5, 5.41) is 1.82. The molecule has 0 aliphatic heterocycles. The number of hydrogen-bond acceptors (Lipinski definition) is 1. The van der Waals surface area contributed by atoms with Crippen LogP contribution in [-0.2, 0) is 6.42 Å². The molecule has 1 aromatic carbocycles. The second-order valence-electron chi connectivity index (χ2n) is 4.50. The predicted molar refractivity (Wildman–Crippen MR) is 77.9 cm³/mol. The van der Waals surface area contributed by atoms with Gasteiger partial charge in [0.05, 0.1) is 10.5 Å². The van der Waals surface area contributed by atoms with Crippen LogP contribution in [-0.4, -0.2) is 4.98 Å². The van der Waals surface area contributed by atoms with Gasteiger partial charge in [-0.25, -0.2) is 0 Å². The summed E-state index contributed by atoms with van der Waals surface area (Å²) in [5.41, 5.74) is 3.32. The molecular weight excluding hydrogens is 298 g/mol. The van der Waals surface area contributed by atoms with Gasteiger partial charge in [0.25, 0.3) is 0 Å². The van der Waals surface area contributed by atoms with E-state index in [-0.39, 0.29) is 0 Å². The zero-order valence-electron chi connectivity index (χ0n) is 10.2. The molecule has 0 bridgehead atoms. The molecule has 0 unspecified atom stereocenters. The van der Waals surface area contributed by atoms with E-state index in [1.807, 2.05) is 12.1 Å². The Bertz CT molecular complexity index is 564. The van der Waals surface area contributed by atoms with Crippen LogP contribution in [0.1, 0.15) is 37.9 Å². The molecule has 0 saturated carbocycles. The molecule has 1 nitrogen and oxygen atoms in total. The first kappa shape index (κ1) is 12.8. The lowest BCUT2D eigenvalue weighted by Crippen LogP contribution is -1.96. The lowest BCUT2D eigenvalue weighted by molar-refractivity contribution is 0.829. The molecule has 1 heterocycles. The van der Waals surface area contributed by atoms with E-state index in [0.29, 0.717) is 5.92 Å². The van der Waals surface area contributed by atoms with Crippen LogP contribution < -0.4 is 0 Å². The summed E-state index contributed by atoms with van der Waals surface area (Å²) in [4.78, 5) is 4.74. The second-order valence-corrected chi connectivity index (χ2v) is 5.82. The van der Waals surface area contributed by atoms with E-state index in [4.69, 9.17) is 16.6 Å². The Labute approximate surface area is 115 Å². The molecule has 2 rings (SSSR count). The number of fused-ring (bicyclic) bond motifs is 1. The number of nitrogens with zero attached hydrogens (tertiary/aromatic N) is 1. The average molecular weight is 313 g/mol. The molecule has 2 aromatic rings. The Morgan fingerprint density at radius 1 is 1.29 bits per heavy atom. The average Bonchev–Trinajstić information content (AvgIpc) is 2.28. The highest BCUT2D eigenvalue weighted by Gasteiger charge is 2.10. The Morgan fingerprint density at radius 2 is 2.00 bits per heavy atom. The third kappa shape index (κ3) is 2.48. The van der Waals surface area contributed by atoms with Crippen LogP contribution in [0.5, 0.6) is 0 Å². The van der Waals surface area contributed by atoms with E-state index >= 15 is 0 Å². The Kier molecular flexibility index (Phi) is 3.74. The highest BCUT2D eigenvalue weighted by Crippen LogP contribution is 2.31. The molecule has 0 aliphatic carbocycles. The van der Waals surface area contributed by atoms with E-state index in [0.717, 1.165) is 32.5 Å². The molecule has 0 fully saturated rings. The van der Waals surface area contributed by atoms with E-state index in [1.165, 1.54) is 5.56 Å². The van der Waals surface area contributed by atoms with Crippen LogP contribution in [0.2, 0.25) is 5.02 Å². The van der Waals surface area contributed by atoms with Gasteiger partial charge < -0.3 is 0 Å². The zero-order valence-corrected chi connectivity index (χ0v) is 12.6. The fourth-order valence-corrected chi connectivity index (χ4v) is 2.67. The van der Waals surface area contributed by atoms with Gasteiger partial charge in [0.1, 0.15) is 0 Å². The number of pyridine rings is 1. The maximum Gasteiger partial charge on any atom is 0.0753 e. The van der Waals surface area contributed by atoms with Gasteiger partial charge >= 0.3 is 0 Å². The topological polar surface area (TPSA) is 12.9 Å². The summed E-state index contributed by atoms with van der Waals surface area (Å²) in [6.45, 7) is 6.41.